The lowest BCUT2D eigenvalue weighted by molar-refractivity contribution is -0.0432. The largest absolute Gasteiger partial charge is 0.394 e. The Morgan fingerprint density at radius 2 is 2.24 bits per heavy atom. The molecule has 11 heteroatoms. The standard InChI is InChI=1S/C18H22N6O5/c25-6-9-1-3-23-4-2-10(15(9)23)20-18-21-16-14(17(28)22-18)19-8-24(16)13-5-11(27)12(7-26)29-13/h1,3,8,10-13,25-27H,2,4-7H2,(H2,20,21,22,28)/t10-,11+,12-,13-/m1/s1. The van der Waals surface area contributed by atoms with Gasteiger partial charge in [-0.25, -0.2) is 4.98 Å². The molecule has 5 heterocycles. The SMILES string of the molecule is O=c1[nH]c(N[C@@H]2CCn3ccc(CO)c32)nc2c1ncn2[C@H]1C[C@H](O)[C@@H](CO)O1. The lowest BCUT2D eigenvalue weighted by Crippen LogP contribution is -2.24. The lowest BCUT2D eigenvalue weighted by Gasteiger charge is -2.16. The molecule has 1 fully saturated rings. The molecule has 0 amide bonds. The number of aliphatic hydroxyl groups excluding tert-OH is 3. The number of rotatable bonds is 5. The van der Waals surface area contributed by atoms with Gasteiger partial charge in [-0.1, -0.05) is 0 Å². The van der Waals surface area contributed by atoms with E-state index in [9.17, 15) is 20.1 Å². The van der Waals surface area contributed by atoms with Crippen LogP contribution in [0.5, 0.6) is 0 Å². The Balaban J connectivity index is 1.48. The van der Waals surface area contributed by atoms with Gasteiger partial charge in [-0.2, -0.15) is 4.98 Å². The van der Waals surface area contributed by atoms with E-state index in [0.717, 1.165) is 24.2 Å². The summed E-state index contributed by atoms with van der Waals surface area (Å²) in [5, 5.41) is 32.1. The number of anilines is 1. The van der Waals surface area contributed by atoms with Gasteiger partial charge in [0.05, 0.1) is 31.7 Å². The van der Waals surface area contributed by atoms with Crippen molar-refractivity contribution in [3.8, 4) is 0 Å². The molecule has 154 valence electrons. The maximum Gasteiger partial charge on any atom is 0.280 e. The van der Waals surface area contributed by atoms with Gasteiger partial charge in [-0.15, -0.1) is 0 Å². The van der Waals surface area contributed by atoms with E-state index >= 15 is 0 Å². The van der Waals surface area contributed by atoms with Crippen LogP contribution < -0.4 is 10.9 Å². The van der Waals surface area contributed by atoms with Crippen molar-refractivity contribution in [1.29, 1.82) is 0 Å². The first-order chi connectivity index (χ1) is 14.1. The molecule has 0 spiro atoms. The first-order valence-corrected chi connectivity index (χ1v) is 9.55. The summed E-state index contributed by atoms with van der Waals surface area (Å²) in [6.07, 6.45) is 2.42. The average Bonchev–Trinajstić information content (AvgIpc) is 3.45. The van der Waals surface area contributed by atoms with Crippen molar-refractivity contribution < 1.29 is 20.1 Å². The minimum absolute atomic E-state index is 0.0519. The topological polar surface area (TPSA) is 150 Å². The minimum atomic E-state index is -0.801. The summed E-state index contributed by atoms with van der Waals surface area (Å²) in [7, 11) is 0. The zero-order valence-electron chi connectivity index (χ0n) is 15.5. The van der Waals surface area contributed by atoms with Crippen LogP contribution in [-0.4, -0.2) is 58.2 Å². The molecule has 0 aromatic carbocycles. The number of fused-ring (bicyclic) bond motifs is 2. The Bertz CT molecular complexity index is 1100. The molecule has 29 heavy (non-hydrogen) atoms. The molecular weight excluding hydrogens is 380 g/mol. The predicted molar refractivity (Wildman–Crippen MR) is 101 cm³/mol. The first kappa shape index (κ1) is 18.3. The number of ether oxygens (including phenoxy) is 1. The smallest absolute Gasteiger partial charge is 0.280 e. The van der Waals surface area contributed by atoms with E-state index in [1.54, 1.807) is 4.57 Å². The van der Waals surface area contributed by atoms with Gasteiger partial charge in [-0.3, -0.25) is 14.3 Å². The first-order valence-electron chi connectivity index (χ1n) is 9.55. The monoisotopic (exact) mass is 402 g/mol. The maximum atomic E-state index is 12.5. The minimum Gasteiger partial charge on any atom is -0.394 e. The summed E-state index contributed by atoms with van der Waals surface area (Å²) in [5.41, 5.74) is 1.95. The lowest BCUT2D eigenvalue weighted by atomic mass is 10.1. The van der Waals surface area contributed by atoms with Crippen LogP contribution in [0, 0.1) is 0 Å². The van der Waals surface area contributed by atoms with E-state index in [4.69, 9.17) is 4.74 Å². The van der Waals surface area contributed by atoms with Gasteiger partial charge in [0.1, 0.15) is 12.3 Å². The van der Waals surface area contributed by atoms with Crippen LogP contribution in [0.4, 0.5) is 5.95 Å². The Morgan fingerprint density at radius 3 is 3.00 bits per heavy atom. The Kier molecular flexibility index (Phi) is 4.39. The Labute approximate surface area is 164 Å². The van der Waals surface area contributed by atoms with Crippen molar-refractivity contribution >= 4 is 17.1 Å². The number of hydrogen-bond donors (Lipinski definition) is 5. The summed E-state index contributed by atoms with van der Waals surface area (Å²) < 4.78 is 9.35. The number of nitrogens with zero attached hydrogens (tertiary/aromatic N) is 4. The predicted octanol–water partition coefficient (Wildman–Crippen LogP) is -0.389. The molecule has 1 saturated heterocycles. The third-order valence-electron chi connectivity index (χ3n) is 5.69. The molecule has 5 N–H and O–H groups in total. The summed E-state index contributed by atoms with van der Waals surface area (Å²) in [6.45, 7) is 0.469. The highest BCUT2D eigenvalue weighted by atomic mass is 16.5. The zero-order chi connectivity index (χ0) is 20.1. The van der Waals surface area contributed by atoms with Gasteiger partial charge >= 0.3 is 0 Å². The summed E-state index contributed by atoms with van der Waals surface area (Å²) in [6, 6.07) is 1.80. The molecule has 0 unspecified atom stereocenters. The molecule has 5 rings (SSSR count). The van der Waals surface area contributed by atoms with Gasteiger partial charge in [-0.05, 0) is 12.5 Å². The molecule has 2 aliphatic rings. The van der Waals surface area contributed by atoms with Crippen molar-refractivity contribution in [2.24, 2.45) is 0 Å². The van der Waals surface area contributed by atoms with Gasteiger partial charge in [0.15, 0.2) is 11.2 Å². The number of nitrogens with one attached hydrogen (secondary N) is 2. The highest BCUT2D eigenvalue weighted by molar-refractivity contribution is 5.71. The van der Waals surface area contributed by atoms with E-state index < -0.39 is 18.4 Å². The molecule has 11 nitrogen and oxygen atoms in total. The molecule has 0 saturated carbocycles. The van der Waals surface area contributed by atoms with Crippen molar-refractivity contribution in [1.82, 2.24) is 24.1 Å². The van der Waals surface area contributed by atoms with Gasteiger partial charge in [0, 0.05) is 30.4 Å². The van der Waals surface area contributed by atoms with Crippen LogP contribution in [0.25, 0.3) is 11.2 Å². The highest BCUT2D eigenvalue weighted by Crippen LogP contribution is 2.33. The van der Waals surface area contributed by atoms with E-state index in [1.807, 2.05) is 12.3 Å². The highest BCUT2D eigenvalue weighted by Gasteiger charge is 2.35. The number of aromatic nitrogens is 5. The zero-order valence-corrected chi connectivity index (χ0v) is 15.5. The normalized spacial score (nSPS) is 26.3. The van der Waals surface area contributed by atoms with E-state index in [-0.39, 0.29) is 36.8 Å². The molecule has 2 aliphatic heterocycles. The van der Waals surface area contributed by atoms with Crippen LogP contribution in [0.2, 0.25) is 0 Å². The third kappa shape index (κ3) is 2.94. The number of imidazole rings is 1. The quantitative estimate of drug-likeness (QED) is 0.387. The van der Waals surface area contributed by atoms with Crippen LogP contribution in [0.3, 0.4) is 0 Å². The molecule has 3 aromatic heterocycles. The molecule has 3 aromatic rings. The van der Waals surface area contributed by atoms with Crippen molar-refractivity contribution in [3.63, 3.8) is 0 Å². The van der Waals surface area contributed by atoms with Crippen LogP contribution in [0.1, 0.15) is 36.4 Å². The van der Waals surface area contributed by atoms with Gasteiger partial charge in [0.2, 0.25) is 5.95 Å². The third-order valence-corrected chi connectivity index (χ3v) is 5.69. The number of aliphatic hydroxyl groups is 3. The second-order valence-corrected chi connectivity index (χ2v) is 7.42. The number of aryl methyl sites for hydroxylation is 1. The summed E-state index contributed by atoms with van der Waals surface area (Å²) >= 11 is 0. The average molecular weight is 402 g/mol. The van der Waals surface area contributed by atoms with Crippen molar-refractivity contribution in [3.05, 3.63) is 40.2 Å². The van der Waals surface area contributed by atoms with Crippen LogP contribution >= 0.6 is 0 Å². The molecule has 0 bridgehead atoms. The van der Waals surface area contributed by atoms with E-state index in [1.165, 1.54) is 6.33 Å². The van der Waals surface area contributed by atoms with E-state index in [0.29, 0.717) is 11.6 Å². The molecule has 0 aliphatic carbocycles. The van der Waals surface area contributed by atoms with Gasteiger partial charge < -0.3 is 29.9 Å². The fourth-order valence-corrected chi connectivity index (χ4v) is 4.25. The Hall–Kier alpha value is -2.73. The van der Waals surface area contributed by atoms with Gasteiger partial charge in [0.25, 0.3) is 5.56 Å². The van der Waals surface area contributed by atoms with Crippen LogP contribution in [0.15, 0.2) is 23.4 Å². The second-order valence-electron chi connectivity index (χ2n) is 7.42. The molecular formula is C18H22N6O5. The van der Waals surface area contributed by atoms with Crippen molar-refractivity contribution in [2.75, 3.05) is 11.9 Å². The van der Waals surface area contributed by atoms with E-state index in [2.05, 4.69) is 24.8 Å². The Morgan fingerprint density at radius 1 is 1.38 bits per heavy atom. The summed E-state index contributed by atoms with van der Waals surface area (Å²) in [5.74, 6) is 0.296. The van der Waals surface area contributed by atoms with Crippen LogP contribution in [-0.2, 0) is 17.9 Å². The fourth-order valence-electron chi connectivity index (χ4n) is 4.25. The fraction of sp³-hybridized carbons (Fsp3) is 0.500. The summed E-state index contributed by atoms with van der Waals surface area (Å²) in [4.78, 5) is 23.9. The second kappa shape index (κ2) is 6.95. The maximum absolute atomic E-state index is 12.5. The molecule has 0 radical (unpaired) electrons. The number of H-pyrrole nitrogens is 1. The number of hydrogen-bond acceptors (Lipinski definition) is 8. The molecule has 4 atom stereocenters. The van der Waals surface area contributed by atoms with Crippen molar-refractivity contribution in [2.45, 2.75) is 50.5 Å². The number of aromatic amines is 1.